The average Bonchev–Trinajstić information content (AvgIpc) is 2.66. The highest BCUT2D eigenvalue weighted by atomic mass is 79.9. The van der Waals surface area contributed by atoms with Crippen LogP contribution in [0.4, 0.5) is 13.2 Å². The highest BCUT2D eigenvalue weighted by Crippen LogP contribution is 2.32. The second-order valence-corrected chi connectivity index (χ2v) is 7.16. The molecule has 1 atom stereocenters. The Morgan fingerprint density at radius 1 is 1.45 bits per heavy atom. The zero-order chi connectivity index (χ0) is 15.2. The summed E-state index contributed by atoms with van der Waals surface area (Å²) in [5.41, 5.74) is 1.13. The zero-order valence-electron chi connectivity index (χ0n) is 11.5. The topological polar surface area (TPSA) is 21.3 Å². The van der Waals surface area contributed by atoms with Crippen molar-refractivity contribution in [2.24, 2.45) is 0 Å². The van der Waals surface area contributed by atoms with Crippen LogP contribution in [0.3, 0.4) is 0 Å². The first kappa shape index (κ1) is 17.9. The van der Waals surface area contributed by atoms with Crippen LogP contribution >= 0.6 is 27.3 Å². The van der Waals surface area contributed by atoms with Gasteiger partial charge in [-0.3, -0.25) is 0 Å². The Labute approximate surface area is 129 Å². The minimum absolute atomic E-state index is 0.0331. The van der Waals surface area contributed by atoms with E-state index < -0.39 is 12.8 Å². The van der Waals surface area contributed by atoms with E-state index in [1.54, 1.807) is 11.3 Å². The van der Waals surface area contributed by atoms with Crippen molar-refractivity contribution < 1.29 is 17.9 Å². The summed E-state index contributed by atoms with van der Waals surface area (Å²) in [6, 6.07) is 2.06. The Morgan fingerprint density at radius 3 is 2.65 bits per heavy atom. The molecule has 0 aliphatic heterocycles. The van der Waals surface area contributed by atoms with Gasteiger partial charge in [-0.05, 0) is 53.9 Å². The normalized spacial score (nSPS) is 13.7. The van der Waals surface area contributed by atoms with Gasteiger partial charge < -0.3 is 10.1 Å². The lowest BCUT2D eigenvalue weighted by atomic mass is 10.1. The summed E-state index contributed by atoms with van der Waals surface area (Å²) in [5, 5.41) is 3.36. The number of halogens is 4. The molecule has 20 heavy (non-hydrogen) atoms. The summed E-state index contributed by atoms with van der Waals surface area (Å²) in [6.45, 7) is 3.81. The second-order valence-electron chi connectivity index (χ2n) is 4.53. The minimum atomic E-state index is -4.26. The standard InChI is InChI=1S/C13H19BrF3NOS/c1-3-5-18-11(4-6-19-8-13(15,16)17)10-7-12(14)20-9(10)2/h7,11,18H,3-6,8H2,1-2H3. The van der Waals surface area contributed by atoms with Crippen molar-refractivity contribution in [3.8, 4) is 0 Å². The van der Waals surface area contributed by atoms with Crippen molar-refractivity contribution in [2.75, 3.05) is 19.8 Å². The number of thiophene rings is 1. The molecule has 0 bridgehead atoms. The van der Waals surface area contributed by atoms with Crippen molar-refractivity contribution in [1.29, 1.82) is 0 Å². The molecule has 0 aromatic carbocycles. The molecule has 116 valence electrons. The highest BCUT2D eigenvalue weighted by molar-refractivity contribution is 9.11. The van der Waals surface area contributed by atoms with Gasteiger partial charge in [-0.2, -0.15) is 13.2 Å². The number of aryl methyl sites for hydroxylation is 1. The quantitative estimate of drug-likeness (QED) is 0.659. The van der Waals surface area contributed by atoms with E-state index in [0.717, 1.165) is 22.3 Å². The second kappa shape index (κ2) is 8.36. The first-order chi connectivity index (χ1) is 9.33. The molecule has 0 spiro atoms. The molecule has 1 N–H and O–H groups in total. The maximum absolute atomic E-state index is 12.0. The van der Waals surface area contributed by atoms with Gasteiger partial charge in [0.15, 0.2) is 0 Å². The largest absolute Gasteiger partial charge is 0.411 e. The minimum Gasteiger partial charge on any atom is -0.372 e. The van der Waals surface area contributed by atoms with Gasteiger partial charge in [-0.25, -0.2) is 0 Å². The molecule has 0 aliphatic carbocycles. The van der Waals surface area contributed by atoms with Crippen LogP contribution in [-0.4, -0.2) is 25.9 Å². The van der Waals surface area contributed by atoms with Gasteiger partial charge >= 0.3 is 6.18 Å². The summed E-state index contributed by atoms with van der Waals surface area (Å²) < 4.78 is 41.8. The molecule has 1 rings (SSSR count). The molecular formula is C13H19BrF3NOS. The monoisotopic (exact) mass is 373 g/mol. The number of hydrogen-bond acceptors (Lipinski definition) is 3. The van der Waals surface area contributed by atoms with E-state index in [-0.39, 0.29) is 12.6 Å². The predicted molar refractivity (Wildman–Crippen MR) is 79.3 cm³/mol. The van der Waals surface area contributed by atoms with Gasteiger partial charge in [0.1, 0.15) is 6.61 Å². The Kier molecular flexibility index (Phi) is 7.50. The molecule has 1 unspecified atom stereocenters. The number of ether oxygens (including phenoxy) is 1. The van der Waals surface area contributed by atoms with Gasteiger partial charge in [0, 0.05) is 17.5 Å². The van der Waals surface area contributed by atoms with Crippen molar-refractivity contribution >= 4 is 27.3 Å². The molecule has 0 fully saturated rings. The Balaban J connectivity index is 2.54. The molecule has 0 saturated heterocycles. The lowest BCUT2D eigenvalue weighted by Crippen LogP contribution is -2.25. The summed E-state index contributed by atoms with van der Waals surface area (Å²) in [6.07, 6.45) is -2.75. The molecule has 0 aliphatic rings. The fraction of sp³-hybridized carbons (Fsp3) is 0.692. The smallest absolute Gasteiger partial charge is 0.372 e. The third-order valence-corrected chi connectivity index (χ3v) is 4.33. The van der Waals surface area contributed by atoms with Gasteiger partial charge in [0.25, 0.3) is 0 Å². The first-order valence-corrected chi connectivity index (χ1v) is 8.08. The van der Waals surface area contributed by atoms with Crippen LogP contribution in [0.5, 0.6) is 0 Å². The maximum Gasteiger partial charge on any atom is 0.411 e. The van der Waals surface area contributed by atoms with Gasteiger partial charge in [0.2, 0.25) is 0 Å². The molecule has 1 aromatic rings. The fourth-order valence-electron chi connectivity index (χ4n) is 1.88. The average molecular weight is 374 g/mol. The Bertz CT molecular complexity index is 409. The zero-order valence-corrected chi connectivity index (χ0v) is 13.9. The molecule has 1 heterocycles. The fourth-order valence-corrected chi connectivity index (χ4v) is 3.65. The Hall–Kier alpha value is -0.110. The molecule has 0 radical (unpaired) electrons. The van der Waals surface area contributed by atoms with E-state index in [1.165, 1.54) is 4.88 Å². The predicted octanol–water partition coefficient (Wildman–Crippen LogP) is 4.83. The van der Waals surface area contributed by atoms with E-state index in [4.69, 9.17) is 4.74 Å². The highest BCUT2D eigenvalue weighted by Gasteiger charge is 2.27. The summed E-state index contributed by atoms with van der Waals surface area (Å²) in [4.78, 5) is 1.17. The van der Waals surface area contributed by atoms with E-state index >= 15 is 0 Å². The van der Waals surface area contributed by atoms with E-state index in [2.05, 4.69) is 28.2 Å². The summed E-state index contributed by atoms with van der Waals surface area (Å²) in [5.74, 6) is 0. The molecule has 0 saturated carbocycles. The van der Waals surface area contributed by atoms with E-state index in [9.17, 15) is 13.2 Å². The van der Waals surface area contributed by atoms with Crippen molar-refractivity contribution in [3.63, 3.8) is 0 Å². The van der Waals surface area contributed by atoms with Crippen LogP contribution in [0.15, 0.2) is 9.85 Å². The van der Waals surface area contributed by atoms with Gasteiger partial charge in [-0.15, -0.1) is 11.3 Å². The van der Waals surface area contributed by atoms with Crippen molar-refractivity contribution in [3.05, 3.63) is 20.3 Å². The molecular weight excluding hydrogens is 355 g/mol. The van der Waals surface area contributed by atoms with Crippen LogP contribution in [0.25, 0.3) is 0 Å². The third-order valence-electron chi connectivity index (χ3n) is 2.76. The first-order valence-electron chi connectivity index (χ1n) is 6.47. The SMILES string of the molecule is CCCNC(CCOCC(F)(F)F)c1cc(Br)sc1C. The number of alkyl halides is 3. The Morgan fingerprint density at radius 2 is 2.15 bits per heavy atom. The summed E-state index contributed by atoms with van der Waals surface area (Å²) >= 11 is 5.07. The molecule has 0 amide bonds. The van der Waals surface area contributed by atoms with Gasteiger partial charge in [0.05, 0.1) is 3.79 Å². The number of nitrogens with one attached hydrogen (secondary N) is 1. The van der Waals surface area contributed by atoms with Crippen LogP contribution < -0.4 is 5.32 Å². The molecule has 1 aromatic heterocycles. The lowest BCUT2D eigenvalue weighted by molar-refractivity contribution is -0.174. The van der Waals surface area contributed by atoms with E-state index in [0.29, 0.717) is 6.42 Å². The maximum atomic E-state index is 12.0. The lowest BCUT2D eigenvalue weighted by Gasteiger charge is -2.19. The van der Waals surface area contributed by atoms with Crippen molar-refractivity contribution in [2.45, 2.75) is 38.9 Å². The van der Waals surface area contributed by atoms with Crippen LogP contribution in [0.1, 0.15) is 36.2 Å². The molecule has 7 heteroatoms. The summed E-state index contributed by atoms with van der Waals surface area (Å²) in [7, 11) is 0. The van der Waals surface area contributed by atoms with Gasteiger partial charge in [-0.1, -0.05) is 6.92 Å². The van der Waals surface area contributed by atoms with Crippen LogP contribution in [-0.2, 0) is 4.74 Å². The van der Waals surface area contributed by atoms with Crippen molar-refractivity contribution in [1.82, 2.24) is 5.32 Å². The van der Waals surface area contributed by atoms with Crippen LogP contribution in [0.2, 0.25) is 0 Å². The van der Waals surface area contributed by atoms with Crippen LogP contribution in [0, 0.1) is 6.92 Å². The number of hydrogen-bond donors (Lipinski definition) is 1. The van der Waals surface area contributed by atoms with E-state index in [1.807, 2.05) is 13.0 Å². The third kappa shape index (κ3) is 6.56. The number of rotatable bonds is 8. The molecule has 2 nitrogen and oxygen atoms in total.